The van der Waals surface area contributed by atoms with Gasteiger partial charge in [0.2, 0.25) is 0 Å². The molecule has 0 aliphatic carbocycles. The Kier molecular flexibility index (Phi) is 4.79. The van der Waals surface area contributed by atoms with E-state index in [-0.39, 0.29) is 5.91 Å². The fraction of sp³-hybridized carbons (Fsp3) is 0.0435. The number of nitrogens with one attached hydrogen (secondary N) is 1. The highest BCUT2D eigenvalue weighted by atomic mass is 16.1. The van der Waals surface area contributed by atoms with Crippen molar-refractivity contribution in [3.8, 4) is 11.1 Å². The van der Waals surface area contributed by atoms with Gasteiger partial charge in [-0.05, 0) is 22.8 Å². The molecule has 132 valence electrons. The molecule has 0 unspecified atom stereocenters. The quantitative estimate of drug-likeness (QED) is 0.557. The van der Waals surface area contributed by atoms with Crippen LogP contribution >= 0.6 is 0 Å². The molecule has 1 heterocycles. The van der Waals surface area contributed by atoms with Crippen molar-refractivity contribution in [2.75, 3.05) is 5.32 Å². The minimum absolute atomic E-state index is 0.145. The number of carbonyl (C=O) groups is 1. The van der Waals surface area contributed by atoms with Crippen LogP contribution in [0, 0.1) is 0 Å². The molecule has 4 rings (SSSR count). The minimum atomic E-state index is -0.145. The average molecular weight is 353 g/mol. The van der Waals surface area contributed by atoms with Crippen LogP contribution < -0.4 is 5.32 Å². The van der Waals surface area contributed by atoms with E-state index in [4.69, 9.17) is 0 Å². The zero-order chi connectivity index (χ0) is 18.5. The first-order valence-corrected chi connectivity index (χ1v) is 8.82. The molecule has 3 aromatic carbocycles. The number of hydrogen-bond donors (Lipinski definition) is 1. The van der Waals surface area contributed by atoms with Crippen molar-refractivity contribution < 1.29 is 4.79 Å². The Balaban J connectivity index is 1.52. The summed E-state index contributed by atoms with van der Waals surface area (Å²) in [5.74, 6) is -0.145. The lowest BCUT2D eigenvalue weighted by atomic mass is 9.99. The van der Waals surface area contributed by atoms with Gasteiger partial charge >= 0.3 is 0 Å². The summed E-state index contributed by atoms with van der Waals surface area (Å²) in [5, 5.41) is 7.29. The minimum Gasteiger partial charge on any atom is -0.319 e. The number of benzene rings is 3. The highest BCUT2D eigenvalue weighted by Crippen LogP contribution is 2.24. The molecule has 0 saturated carbocycles. The van der Waals surface area contributed by atoms with E-state index in [1.54, 1.807) is 6.20 Å². The molecule has 0 radical (unpaired) electrons. The van der Waals surface area contributed by atoms with Crippen molar-refractivity contribution in [2.45, 2.75) is 6.54 Å². The zero-order valence-electron chi connectivity index (χ0n) is 14.7. The van der Waals surface area contributed by atoms with Crippen LogP contribution in [0.25, 0.3) is 11.1 Å². The number of amides is 1. The topological polar surface area (TPSA) is 46.9 Å². The van der Waals surface area contributed by atoms with Gasteiger partial charge in [0.25, 0.3) is 5.91 Å². The third-order valence-electron chi connectivity index (χ3n) is 4.33. The van der Waals surface area contributed by atoms with E-state index in [0.29, 0.717) is 17.8 Å². The van der Waals surface area contributed by atoms with Crippen molar-refractivity contribution in [2.24, 2.45) is 0 Å². The fourth-order valence-electron chi connectivity index (χ4n) is 3.03. The Labute approximate surface area is 158 Å². The molecule has 27 heavy (non-hydrogen) atoms. The Bertz CT molecular complexity index is 1040. The van der Waals surface area contributed by atoms with E-state index in [0.717, 1.165) is 16.7 Å². The lowest BCUT2D eigenvalue weighted by Crippen LogP contribution is -2.12. The summed E-state index contributed by atoms with van der Waals surface area (Å²) < 4.78 is 1.81. The van der Waals surface area contributed by atoms with Crippen molar-refractivity contribution in [3.05, 3.63) is 108 Å². The second-order valence-corrected chi connectivity index (χ2v) is 6.28. The first kappa shape index (κ1) is 16.8. The van der Waals surface area contributed by atoms with Crippen LogP contribution in [0.1, 0.15) is 15.9 Å². The zero-order valence-corrected chi connectivity index (χ0v) is 14.7. The van der Waals surface area contributed by atoms with Gasteiger partial charge in [0.1, 0.15) is 0 Å². The van der Waals surface area contributed by atoms with Crippen LogP contribution in [0.15, 0.2) is 97.3 Å². The summed E-state index contributed by atoms with van der Waals surface area (Å²) in [4.78, 5) is 12.8. The summed E-state index contributed by atoms with van der Waals surface area (Å²) in [5.41, 5.74) is 4.40. The molecule has 1 amide bonds. The molecule has 0 bridgehead atoms. The third-order valence-corrected chi connectivity index (χ3v) is 4.33. The Hall–Kier alpha value is -3.66. The number of aromatic nitrogens is 2. The predicted molar refractivity (Wildman–Crippen MR) is 108 cm³/mol. The molecule has 4 heteroatoms. The van der Waals surface area contributed by atoms with Gasteiger partial charge in [-0.15, -0.1) is 0 Å². The van der Waals surface area contributed by atoms with Crippen LogP contribution in [-0.4, -0.2) is 15.7 Å². The van der Waals surface area contributed by atoms with Crippen molar-refractivity contribution in [1.82, 2.24) is 9.78 Å². The van der Waals surface area contributed by atoms with Crippen molar-refractivity contribution >= 4 is 11.6 Å². The van der Waals surface area contributed by atoms with Crippen LogP contribution in [0.3, 0.4) is 0 Å². The normalized spacial score (nSPS) is 10.5. The molecular weight excluding hydrogens is 334 g/mol. The van der Waals surface area contributed by atoms with Crippen LogP contribution in [0.4, 0.5) is 5.69 Å². The third kappa shape index (κ3) is 3.96. The van der Waals surface area contributed by atoms with Crippen LogP contribution in [-0.2, 0) is 6.54 Å². The molecular formula is C23H19N3O. The van der Waals surface area contributed by atoms with Gasteiger partial charge < -0.3 is 5.32 Å². The van der Waals surface area contributed by atoms with Crippen molar-refractivity contribution in [1.29, 1.82) is 0 Å². The molecule has 0 aliphatic rings. The van der Waals surface area contributed by atoms with Gasteiger partial charge in [0.15, 0.2) is 0 Å². The monoisotopic (exact) mass is 353 g/mol. The molecule has 0 atom stereocenters. The number of anilines is 1. The summed E-state index contributed by atoms with van der Waals surface area (Å²) in [6, 6.07) is 27.6. The van der Waals surface area contributed by atoms with Crippen LogP contribution in [0.2, 0.25) is 0 Å². The van der Waals surface area contributed by atoms with E-state index in [1.807, 2.05) is 83.7 Å². The molecule has 0 aliphatic heterocycles. The number of nitrogens with zero attached hydrogens (tertiary/aromatic N) is 2. The van der Waals surface area contributed by atoms with Gasteiger partial charge in [0.05, 0.1) is 18.4 Å². The maximum absolute atomic E-state index is 12.8. The number of hydrogen-bond acceptors (Lipinski definition) is 2. The van der Waals surface area contributed by atoms with E-state index in [2.05, 4.69) is 22.5 Å². The molecule has 0 fully saturated rings. The maximum atomic E-state index is 12.8. The standard InChI is InChI=1S/C23H19N3O/c27-23(22-14-8-7-13-21(22)19-11-5-2-6-12-19)25-20-15-24-26(17-20)16-18-9-3-1-4-10-18/h1-15,17H,16H2,(H,25,27). The Morgan fingerprint density at radius 1 is 0.852 bits per heavy atom. The van der Waals surface area contributed by atoms with Crippen molar-refractivity contribution in [3.63, 3.8) is 0 Å². The predicted octanol–water partition coefficient (Wildman–Crippen LogP) is 4.85. The van der Waals surface area contributed by atoms with E-state index in [1.165, 1.54) is 0 Å². The highest BCUT2D eigenvalue weighted by molar-refractivity contribution is 6.08. The lowest BCUT2D eigenvalue weighted by molar-refractivity contribution is 0.102. The van der Waals surface area contributed by atoms with E-state index < -0.39 is 0 Å². The largest absolute Gasteiger partial charge is 0.319 e. The second-order valence-electron chi connectivity index (χ2n) is 6.28. The SMILES string of the molecule is O=C(Nc1cnn(Cc2ccccc2)c1)c1ccccc1-c1ccccc1. The smallest absolute Gasteiger partial charge is 0.256 e. The highest BCUT2D eigenvalue weighted by Gasteiger charge is 2.13. The Morgan fingerprint density at radius 3 is 2.30 bits per heavy atom. The molecule has 1 aromatic heterocycles. The van der Waals surface area contributed by atoms with E-state index >= 15 is 0 Å². The number of rotatable bonds is 5. The maximum Gasteiger partial charge on any atom is 0.256 e. The second kappa shape index (κ2) is 7.70. The first-order valence-electron chi connectivity index (χ1n) is 8.82. The van der Waals surface area contributed by atoms with Gasteiger partial charge in [-0.2, -0.15) is 5.10 Å². The molecule has 0 spiro atoms. The molecule has 0 saturated heterocycles. The first-order chi connectivity index (χ1) is 13.3. The molecule has 1 N–H and O–H groups in total. The van der Waals surface area contributed by atoms with Crippen LogP contribution in [0.5, 0.6) is 0 Å². The van der Waals surface area contributed by atoms with E-state index in [9.17, 15) is 4.79 Å². The van der Waals surface area contributed by atoms with Gasteiger partial charge in [0, 0.05) is 11.8 Å². The summed E-state index contributed by atoms with van der Waals surface area (Å²) in [6.45, 7) is 0.664. The number of carbonyl (C=O) groups excluding carboxylic acids is 1. The fourth-order valence-corrected chi connectivity index (χ4v) is 3.03. The van der Waals surface area contributed by atoms with Gasteiger partial charge in [-0.25, -0.2) is 0 Å². The average Bonchev–Trinajstić information content (AvgIpc) is 3.16. The summed E-state index contributed by atoms with van der Waals surface area (Å²) >= 11 is 0. The molecule has 4 aromatic rings. The molecule has 4 nitrogen and oxygen atoms in total. The Morgan fingerprint density at radius 2 is 1.52 bits per heavy atom. The summed E-state index contributed by atoms with van der Waals surface area (Å²) in [7, 11) is 0. The summed E-state index contributed by atoms with van der Waals surface area (Å²) in [6.07, 6.45) is 3.52. The van der Waals surface area contributed by atoms with Gasteiger partial charge in [-0.1, -0.05) is 78.9 Å². The lowest BCUT2D eigenvalue weighted by Gasteiger charge is -2.09. The van der Waals surface area contributed by atoms with Gasteiger partial charge in [-0.3, -0.25) is 9.48 Å².